The molecule has 0 aromatic carbocycles. The van der Waals surface area contributed by atoms with Crippen molar-refractivity contribution in [2.24, 2.45) is 11.1 Å². The lowest BCUT2D eigenvalue weighted by Gasteiger charge is -2.58. The van der Waals surface area contributed by atoms with Gasteiger partial charge in [-0.2, -0.15) is 0 Å². The highest BCUT2D eigenvalue weighted by Crippen LogP contribution is 2.54. The molecule has 2 nitrogen and oxygen atoms in total. The van der Waals surface area contributed by atoms with Crippen molar-refractivity contribution >= 4 is 0 Å². The lowest BCUT2D eigenvalue weighted by molar-refractivity contribution is -0.133. The third kappa shape index (κ3) is 0.485. The van der Waals surface area contributed by atoms with E-state index in [9.17, 15) is 5.11 Å². The summed E-state index contributed by atoms with van der Waals surface area (Å²) >= 11 is 0. The Hall–Kier alpha value is -0.0800. The monoisotopic (exact) mass is 127 g/mol. The fourth-order valence-corrected chi connectivity index (χ4v) is 2.09. The van der Waals surface area contributed by atoms with Crippen LogP contribution in [0.4, 0.5) is 0 Å². The predicted octanol–water partition coefficient (Wildman–Crippen LogP) is 0.249. The summed E-state index contributed by atoms with van der Waals surface area (Å²) in [6.07, 6.45) is 4.36. The maximum absolute atomic E-state index is 9.31. The quantitative estimate of drug-likeness (QED) is 0.490. The first-order chi connectivity index (χ1) is 4.26. The molecule has 2 rings (SSSR count). The van der Waals surface area contributed by atoms with Crippen LogP contribution in [-0.4, -0.2) is 17.3 Å². The molecule has 0 unspecified atom stereocenters. The molecule has 2 saturated carbocycles. The minimum absolute atomic E-state index is 0.0683. The van der Waals surface area contributed by atoms with Gasteiger partial charge >= 0.3 is 0 Å². The van der Waals surface area contributed by atoms with E-state index >= 15 is 0 Å². The summed E-state index contributed by atoms with van der Waals surface area (Å²) < 4.78 is 0. The molecule has 0 aliphatic heterocycles. The van der Waals surface area contributed by atoms with Crippen LogP contribution >= 0.6 is 0 Å². The zero-order valence-electron chi connectivity index (χ0n) is 5.51. The van der Waals surface area contributed by atoms with Crippen molar-refractivity contribution in [3.05, 3.63) is 0 Å². The summed E-state index contributed by atoms with van der Waals surface area (Å²) in [4.78, 5) is 0. The molecule has 2 aliphatic rings. The summed E-state index contributed by atoms with van der Waals surface area (Å²) in [6.45, 7) is 0. The van der Waals surface area contributed by atoms with Gasteiger partial charge < -0.3 is 10.8 Å². The first-order valence-electron chi connectivity index (χ1n) is 3.69. The molecule has 3 N–H and O–H groups in total. The molecule has 2 fully saturated rings. The Morgan fingerprint density at radius 2 is 2.11 bits per heavy atom. The van der Waals surface area contributed by atoms with E-state index in [2.05, 4.69) is 0 Å². The van der Waals surface area contributed by atoms with Gasteiger partial charge in [-0.25, -0.2) is 0 Å². The Labute approximate surface area is 55.1 Å². The van der Waals surface area contributed by atoms with Gasteiger partial charge in [0.05, 0.1) is 6.10 Å². The van der Waals surface area contributed by atoms with Crippen LogP contribution in [0.15, 0.2) is 0 Å². The van der Waals surface area contributed by atoms with Crippen molar-refractivity contribution in [1.82, 2.24) is 0 Å². The first kappa shape index (κ1) is 5.69. The van der Waals surface area contributed by atoms with Crippen molar-refractivity contribution in [2.75, 3.05) is 0 Å². The first-order valence-corrected chi connectivity index (χ1v) is 3.69. The maximum atomic E-state index is 9.31. The van der Waals surface area contributed by atoms with E-state index < -0.39 is 0 Å². The summed E-state index contributed by atoms with van der Waals surface area (Å²) in [5, 5.41) is 9.31. The van der Waals surface area contributed by atoms with Crippen LogP contribution in [0.1, 0.15) is 25.7 Å². The average molecular weight is 127 g/mol. The number of nitrogens with two attached hydrogens (primary N) is 1. The predicted molar refractivity (Wildman–Crippen MR) is 34.9 cm³/mol. The van der Waals surface area contributed by atoms with Crippen LogP contribution in [0.25, 0.3) is 0 Å². The van der Waals surface area contributed by atoms with Gasteiger partial charge in [0.25, 0.3) is 0 Å². The molecular weight excluding hydrogens is 114 g/mol. The van der Waals surface area contributed by atoms with Crippen molar-refractivity contribution in [3.8, 4) is 0 Å². The van der Waals surface area contributed by atoms with E-state index in [0.29, 0.717) is 6.04 Å². The highest BCUT2D eigenvalue weighted by atomic mass is 16.3. The van der Waals surface area contributed by atoms with Crippen LogP contribution in [0.3, 0.4) is 0 Å². The largest absolute Gasteiger partial charge is 0.392 e. The fourth-order valence-electron chi connectivity index (χ4n) is 2.09. The second kappa shape index (κ2) is 1.50. The fraction of sp³-hybridized carbons (Fsp3) is 1.00. The molecular formula is C7H13NO. The zero-order valence-corrected chi connectivity index (χ0v) is 5.51. The summed E-state index contributed by atoms with van der Waals surface area (Å²) in [5.74, 6) is 0. The minimum Gasteiger partial charge on any atom is -0.392 e. The molecule has 2 aliphatic carbocycles. The third-order valence-electron chi connectivity index (χ3n) is 3.16. The zero-order chi connectivity index (χ0) is 6.48. The number of aliphatic hydroxyl groups is 1. The Balaban J connectivity index is 2.08. The Bertz CT molecular complexity index is 121. The van der Waals surface area contributed by atoms with Crippen LogP contribution < -0.4 is 5.73 Å². The lowest BCUT2D eigenvalue weighted by atomic mass is 9.51. The molecule has 0 aromatic rings. The van der Waals surface area contributed by atoms with Gasteiger partial charge in [0, 0.05) is 11.5 Å². The summed E-state index contributed by atoms with van der Waals surface area (Å²) in [6, 6.07) is 0.307. The maximum Gasteiger partial charge on any atom is 0.0626 e. The molecule has 0 radical (unpaired) electrons. The molecule has 1 spiro atoms. The van der Waals surface area contributed by atoms with Crippen molar-refractivity contribution < 1.29 is 5.11 Å². The summed E-state index contributed by atoms with van der Waals surface area (Å²) in [5.41, 5.74) is 5.94. The number of aliphatic hydroxyl groups excluding tert-OH is 1. The van der Waals surface area contributed by atoms with E-state index in [1.54, 1.807) is 0 Å². The molecule has 2 heteroatoms. The van der Waals surface area contributed by atoms with E-state index in [4.69, 9.17) is 5.73 Å². The Morgan fingerprint density at radius 3 is 2.22 bits per heavy atom. The van der Waals surface area contributed by atoms with E-state index in [-0.39, 0.29) is 11.5 Å². The van der Waals surface area contributed by atoms with Crippen LogP contribution in [0.2, 0.25) is 0 Å². The molecule has 52 valence electrons. The highest BCUT2D eigenvalue weighted by Gasteiger charge is 2.55. The third-order valence-corrected chi connectivity index (χ3v) is 3.16. The molecule has 0 amide bonds. The van der Waals surface area contributed by atoms with Crippen molar-refractivity contribution in [3.63, 3.8) is 0 Å². The molecule has 0 heterocycles. The van der Waals surface area contributed by atoms with E-state index in [0.717, 1.165) is 19.3 Å². The number of hydrogen-bond donors (Lipinski definition) is 2. The second-order valence-corrected chi connectivity index (χ2v) is 3.44. The van der Waals surface area contributed by atoms with Gasteiger partial charge in [0.15, 0.2) is 0 Å². The van der Waals surface area contributed by atoms with Gasteiger partial charge in [0.2, 0.25) is 0 Å². The Kier molecular flexibility index (Phi) is 0.945. The Morgan fingerprint density at radius 1 is 1.44 bits per heavy atom. The highest BCUT2D eigenvalue weighted by molar-refractivity contribution is 5.09. The van der Waals surface area contributed by atoms with Crippen molar-refractivity contribution in [1.29, 1.82) is 0 Å². The van der Waals surface area contributed by atoms with Gasteiger partial charge in [-0.3, -0.25) is 0 Å². The number of hydrogen-bond acceptors (Lipinski definition) is 2. The van der Waals surface area contributed by atoms with Crippen LogP contribution in [0, 0.1) is 5.41 Å². The van der Waals surface area contributed by atoms with E-state index in [1.165, 1.54) is 6.42 Å². The molecule has 0 bridgehead atoms. The topological polar surface area (TPSA) is 46.2 Å². The van der Waals surface area contributed by atoms with Gasteiger partial charge in [-0.15, -0.1) is 0 Å². The second-order valence-electron chi connectivity index (χ2n) is 3.44. The van der Waals surface area contributed by atoms with Crippen molar-refractivity contribution in [2.45, 2.75) is 37.8 Å². The van der Waals surface area contributed by atoms with E-state index in [1.807, 2.05) is 0 Å². The van der Waals surface area contributed by atoms with Gasteiger partial charge in [-0.05, 0) is 19.3 Å². The van der Waals surface area contributed by atoms with Crippen LogP contribution in [0.5, 0.6) is 0 Å². The van der Waals surface area contributed by atoms with Gasteiger partial charge in [0.1, 0.15) is 0 Å². The van der Waals surface area contributed by atoms with Crippen LogP contribution in [-0.2, 0) is 0 Å². The average Bonchev–Trinajstić information content (AvgIpc) is 1.60. The molecule has 0 saturated heterocycles. The molecule has 9 heavy (non-hydrogen) atoms. The summed E-state index contributed by atoms with van der Waals surface area (Å²) in [7, 11) is 0. The lowest BCUT2D eigenvalue weighted by Crippen LogP contribution is -2.64. The number of rotatable bonds is 0. The molecule has 0 aromatic heterocycles. The standard InChI is InChI=1S/C7H13NO/c8-5-4-6(9)7(5)2-1-3-7/h5-6,9H,1-4,8H2/t5-,6-/m0/s1. The normalized spacial score (nSPS) is 46.0. The molecule has 2 atom stereocenters. The van der Waals surface area contributed by atoms with Gasteiger partial charge in [-0.1, -0.05) is 6.42 Å². The minimum atomic E-state index is -0.0683. The SMILES string of the molecule is N[C@H]1C[C@H](O)C12CCC2. The smallest absolute Gasteiger partial charge is 0.0626 e.